The molecule has 0 fully saturated rings. The number of ether oxygens (including phenoxy) is 4. The SMILES string of the molecule is COc1ccc(-c2cc(C(=O)NCCc3ccc(OC)c(OC)c3)n(-c3ccc(OC)cc3)n2)cc1. The van der Waals surface area contributed by atoms with Gasteiger partial charge in [0.15, 0.2) is 11.5 Å². The van der Waals surface area contributed by atoms with Crippen molar-refractivity contribution in [3.8, 4) is 39.9 Å². The van der Waals surface area contributed by atoms with Crippen LogP contribution >= 0.6 is 0 Å². The van der Waals surface area contributed by atoms with Crippen molar-refractivity contribution >= 4 is 5.91 Å². The number of carbonyl (C=O) groups excluding carboxylic acids is 1. The third-order valence-electron chi connectivity index (χ3n) is 5.79. The number of benzene rings is 3. The van der Waals surface area contributed by atoms with Crippen molar-refractivity contribution in [3.05, 3.63) is 84.1 Å². The molecule has 0 unspecified atom stereocenters. The van der Waals surface area contributed by atoms with Gasteiger partial charge in [-0.1, -0.05) is 6.07 Å². The van der Waals surface area contributed by atoms with E-state index < -0.39 is 0 Å². The molecule has 0 spiro atoms. The van der Waals surface area contributed by atoms with Gasteiger partial charge < -0.3 is 24.3 Å². The first-order chi connectivity index (χ1) is 17.6. The highest BCUT2D eigenvalue weighted by atomic mass is 16.5. The quantitative estimate of drug-likeness (QED) is 0.353. The van der Waals surface area contributed by atoms with Gasteiger partial charge in [0.05, 0.1) is 39.8 Å². The van der Waals surface area contributed by atoms with Gasteiger partial charge in [0, 0.05) is 12.1 Å². The lowest BCUT2D eigenvalue weighted by Crippen LogP contribution is -2.27. The number of hydrogen-bond donors (Lipinski definition) is 1. The molecule has 1 heterocycles. The van der Waals surface area contributed by atoms with Crippen LogP contribution in [-0.2, 0) is 6.42 Å². The van der Waals surface area contributed by atoms with E-state index >= 15 is 0 Å². The van der Waals surface area contributed by atoms with Crippen molar-refractivity contribution in [3.63, 3.8) is 0 Å². The van der Waals surface area contributed by atoms with Crippen LogP contribution < -0.4 is 24.3 Å². The molecular formula is C28H29N3O5. The topological polar surface area (TPSA) is 83.8 Å². The summed E-state index contributed by atoms with van der Waals surface area (Å²) in [5.74, 6) is 2.57. The summed E-state index contributed by atoms with van der Waals surface area (Å²) in [6.07, 6.45) is 0.633. The third kappa shape index (κ3) is 5.43. The van der Waals surface area contributed by atoms with Gasteiger partial charge in [-0.25, -0.2) is 4.68 Å². The van der Waals surface area contributed by atoms with Crippen LogP contribution in [0.1, 0.15) is 16.1 Å². The number of carbonyl (C=O) groups is 1. The second-order valence-corrected chi connectivity index (χ2v) is 7.95. The predicted octanol–water partition coefficient (Wildman–Crippen LogP) is 4.55. The fourth-order valence-corrected chi connectivity index (χ4v) is 3.81. The average Bonchev–Trinajstić information content (AvgIpc) is 3.38. The number of hydrogen-bond acceptors (Lipinski definition) is 6. The lowest BCUT2D eigenvalue weighted by atomic mass is 10.1. The van der Waals surface area contributed by atoms with E-state index in [-0.39, 0.29) is 5.91 Å². The molecule has 0 saturated carbocycles. The Morgan fingerprint density at radius 1 is 0.778 bits per heavy atom. The monoisotopic (exact) mass is 487 g/mol. The van der Waals surface area contributed by atoms with Crippen LogP contribution in [0.4, 0.5) is 0 Å². The van der Waals surface area contributed by atoms with Crippen LogP contribution in [0.25, 0.3) is 16.9 Å². The Labute approximate surface area is 210 Å². The third-order valence-corrected chi connectivity index (χ3v) is 5.79. The van der Waals surface area contributed by atoms with Crippen LogP contribution in [0.5, 0.6) is 23.0 Å². The van der Waals surface area contributed by atoms with E-state index in [1.54, 1.807) is 39.2 Å². The molecule has 1 N–H and O–H groups in total. The van der Waals surface area contributed by atoms with Gasteiger partial charge >= 0.3 is 0 Å². The van der Waals surface area contributed by atoms with E-state index in [4.69, 9.17) is 24.0 Å². The van der Waals surface area contributed by atoms with Crippen molar-refractivity contribution < 1.29 is 23.7 Å². The van der Waals surface area contributed by atoms with Gasteiger partial charge in [-0.15, -0.1) is 0 Å². The summed E-state index contributed by atoms with van der Waals surface area (Å²) in [6, 6.07) is 22.5. The summed E-state index contributed by atoms with van der Waals surface area (Å²) in [7, 11) is 6.44. The first-order valence-electron chi connectivity index (χ1n) is 11.4. The summed E-state index contributed by atoms with van der Waals surface area (Å²) in [5, 5.41) is 7.75. The van der Waals surface area contributed by atoms with E-state index in [1.807, 2.05) is 66.7 Å². The summed E-state index contributed by atoms with van der Waals surface area (Å²) in [4.78, 5) is 13.3. The zero-order chi connectivity index (χ0) is 25.5. The molecule has 4 rings (SSSR count). The zero-order valence-corrected chi connectivity index (χ0v) is 20.8. The highest BCUT2D eigenvalue weighted by Crippen LogP contribution is 2.28. The summed E-state index contributed by atoms with van der Waals surface area (Å²) < 4.78 is 22.8. The molecule has 3 aromatic carbocycles. The molecule has 8 nitrogen and oxygen atoms in total. The number of amides is 1. The molecule has 1 amide bonds. The highest BCUT2D eigenvalue weighted by Gasteiger charge is 2.18. The van der Waals surface area contributed by atoms with Crippen molar-refractivity contribution in [1.29, 1.82) is 0 Å². The lowest BCUT2D eigenvalue weighted by Gasteiger charge is -2.11. The fraction of sp³-hybridized carbons (Fsp3) is 0.214. The molecule has 0 aliphatic rings. The van der Waals surface area contributed by atoms with Crippen LogP contribution in [0.15, 0.2) is 72.8 Å². The minimum Gasteiger partial charge on any atom is -0.497 e. The Morgan fingerprint density at radius 2 is 1.42 bits per heavy atom. The molecule has 0 saturated heterocycles. The van der Waals surface area contributed by atoms with E-state index in [0.717, 1.165) is 28.3 Å². The van der Waals surface area contributed by atoms with Crippen molar-refractivity contribution in [1.82, 2.24) is 15.1 Å². The second-order valence-electron chi connectivity index (χ2n) is 7.95. The Bertz CT molecular complexity index is 1310. The Morgan fingerprint density at radius 3 is 2.03 bits per heavy atom. The molecule has 0 aliphatic heterocycles. The Hall–Kier alpha value is -4.46. The van der Waals surface area contributed by atoms with Crippen molar-refractivity contribution in [2.24, 2.45) is 0 Å². The standard InChI is InChI=1S/C28H29N3O5/c1-33-22-10-6-20(7-11-22)24-18-25(31(30-24)21-8-12-23(34-2)13-9-21)28(32)29-16-15-19-5-14-26(35-3)27(17-19)36-4/h5-14,17-18H,15-16H2,1-4H3,(H,29,32). The molecule has 8 heteroatoms. The molecule has 36 heavy (non-hydrogen) atoms. The largest absolute Gasteiger partial charge is 0.497 e. The van der Waals surface area contributed by atoms with E-state index in [0.29, 0.717) is 35.9 Å². The van der Waals surface area contributed by atoms with Crippen LogP contribution in [0, 0.1) is 0 Å². The van der Waals surface area contributed by atoms with Gasteiger partial charge in [-0.3, -0.25) is 4.79 Å². The zero-order valence-electron chi connectivity index (χ0n) is 20.8. The van der Waals surface area contributed by atoms with Crippen molar-refractivity contribution in [2.45, 2.75) is 6.42 Å². The molecule has 4 aromatic rings. The maximum Gasteiger partial charge on any atom is 0.270 e. The molecular weight excluding hydrogens is 458 g/mol. The van der Waals surface area contributed by atoms with Gasteiger partial charge in [-0.2, -0.15) is 5.10 Å². The minimum absolute atomic E-state index is 0.224. The van der Waals surface area contributed by atoms with Crippen LogP contribution in [0.2, 0.25) is 0 Å². The van der Waals surface area contributed by atoms with Gasteiger partial charge in [0.1, 0.15) is 17.2 Å². The molecule has 0 aliphatic carbocycles. The number of methoxy groups -OCH3 is 4. The maximum absolute atomic E-state index is 13.3. The highest BCUT2D eigenvalue weighted by molar-refractivity contribution is 5.94. The van der Waals surface area contributed by atoms with E-state index in [9.17, 15) is 4.79 Å². The molecule has 1 aromatic heterocycles. The Balaban J connectivity index is 1.57. The Kier molecular flexibility index (Phi) is 7.75. The second kappa shape index (κ2) is 11.3. The molecule has 0 atom stereocenters. The fourth-order valence-electron chi connectivity index (χ4n) is 3.81. The number of rotatable bonds is 10. The lowest BCUT2D eigenvalue weighted by molar-refractivity contribution is 0.0946. The van der Waals surface area contributed by atoms with Crippen molar-refractivity contribution in [2.75, 3.05) is 35.0 Å². The van der Waals surface area contributed by atoms with Gasteiger partial charge in [0.25, 0.3) is 5.91 Å². The van der Waals surface area contributed by atoms with E-state index in [1.165, 1.54) is 0 Å². The minimum atomic E-state index is -0.224. The summed E-state index contributed by atoms with van der Waals surface area (Å²) in [5.41, 5.74) is 3.76. The molecule has 186 valence electrons. The summed E-state index contributed by atoms with van der Waals surface area (Å²) in [6.45, 7) is 0.444. The maximum atomic E-state index is 13.3. The normalized spacial score (nSPS) is 10.6. The van der Waals surface area contributed by atoms with E-state index in [2.05, 4.69) is 5.32 Å². The smallest absolute Gasteiger partial charge is 0.270 e. The average molecular weight is 488 g/mol. The first-order valence-corrected chi connectivity index (χ1v) is 11.4. The molecule has 0 radical (unpaired) electrons. The molecule has 0 bridgehead atoms. The first kappa shape index (κ1) is 24.7. The summed E-state index contributed by atoms with van der Waals surface area (Å²) >= 11 is 0. The van der Waals surface area contributed by atoms with Crippen LogP contribution in [-0.4, -0.2) is 50.7 Å². The number of nitrogens with one attached hydrogen (secondary N) is 1. The number of nitrogens with zero attached hydrogens (tertiary/aromatic N) is 2. The van der Waals surface area contributed by atoms with Gasteiger partial charge in [-0.05, 0) is 78.7 Å². The predicted molar refractivity (Wildman–Crippen MR) is 138 cm³/mol. The number of aromatic nitrogens is 2. The van der Waals surface area contributed by atoms with Crippen LogP contribution in [0.3, 0.4) is 0 Å². The van der Waals surface area contributed by atoms with Gasteiger partial charge in [0.2, 0.25) is 0 Å².